The third-order valence-corrected chi connectivity index (χ3v) is 5.86. The number of nitrogens with zero attached hydrogens (tertiary/aromatic N) is 4. The Bertz CT molecular complexity index is 911. The highest BCUT2D eigenvalue weighted by atomic mass is 19.4. The van der Waals surface area contributed by atoms with Gasteiger partial charge >= 0.3 is 6.18 Å². The van der Waals surface area contributed by atoms with E-state index in [0.29, 0.717) is 31.9 Å². The van der Waals surface area contributed by atoms with Crippen LogP contribution in [0.15, 0.2) is 12.1 Å². The van der Waals surface area contributed by atoms with Crippen molar-refractivity contribution in [2.24, 2.45) is 5.73 Å². The molecule has 11 heteroatoms. The standard InChI is InChI=1S/C18H19F6N5/c19-12-7-14(21)13(20)6-11(12)10-2-1-9(5-15(10)25)28-3-4-29-16(8-28)26-27-17(29)18(22,23)24/h6-7,9-10,15H,1-5,8,25H2/t9-,10-,15+/m1/s1. The highest BCUT2D eigenvalue weighted by Crippen LogP contribution is 2.37. The lowest BCUT2D eigenvalue weighted by molar-refractivity contribution is -0.148. The first-order valence-electron chi connectivity index (χ1n) is 9.28. The monoisotopic (exact) mass is 419 g/mol. The molecule has 0 saturated heterocycles. The Morgan fingerprint density at radius 2 is 1.69 bits per heavy atom. The predicted molar refractivity (Wildman–Crippen MR) is 90.1 cm³/mol. The SMILES string of the molecule is N[C@H]1C[C@H](N2CCn3c(nnc3C(F)(F)F)C2)CC[C@@H]1c1cc(F)c(F)cc1F. The van der Waals surface area contributed by atoms with Crippen LogP contribution < -0.4 is 5.73 Å². The molecule has 1 aromatic carbocycles. The summed E-state index contributed by atoms with van der Waals surface area (Å²) in [6, 6.07) is 0.879. The van der Waals surface area contributed by atoms with E-state index in [9.17, 15) is 26.3 Å². The van der Waals surface area contributed by atoms with E-state index >= 15 is 0 Å². The van der Waals surface area contributed by atoms with Crippen molar-refractivity contribution in [3.8, 4) is 0 Å². The van der Waals surface area contributed by atoms with E-state index in [-0.39, 0.29) is 30.5 Å². The molecule has 2 heterocycles. The first kappa shape index (κ1) is 20.1. The summed E-state index contributed by atoms with van der Waals surface area (Å²) in [7, 11) is 0. The van der Waals surface area contributed by atoms with Crippen molar-refractivity contribution in [2.75, 3.05) is 6.54 Å². The van der Waals surface area contributed by atoms with Crippen molar-refractivity contribution in [1.29, 1.82) is 0 Å². The van der Waals surface area contributed by atoms with Crippen LogP contribution in [0.5, 0.6) is 0 Å². The number of fused-ring (bicyclic) bond motifs is 1. The molecule has 4 rings (SSSR count). The van der Waals surface area contributed by atoms with Gasteiger partial charge in [-0.25, -0.2) is 13.2 Å². The molecule has 2 aliphatic rings. The van der Waals surface area contributed by atoms with Gasteiger partial charge < -0.3 is 10.3 Å². The van der Waals surface area contributed by atoms with Gasteiger partial charge in [0.15, 0.2) is 11.6 Å². The predicted octanol–water partition coefficient (Wildman–Crippen LogP) is 3.19. The molecule has 0 radical (unpaired) electrons. The third-order valence-electron chi connectivity index (χ3n) is 5.86. The second-order valence-electron chi connectivity index (χ2n) is 7.58. The molecule has 0 unspecified atom stereocenters. The van der Waals surface area contributed by atoms with Gasteiger partial charge in [0.05, 0.1) is 6.54 Å². The molecule has 0 amide bonds. The number of benzene rings is 1. The average Bonchev–Trinajstić information content (AvgIpc) is 3.08. The zero-order chi connectivity index (χ0) is 20.9. The largest absolute Gasteiger partial charge is 0.451 e. The molecule has 1 aliphatic heterocycles. The minimum absolute atomic E-state index is 0.0191. The van der Waals surface area contributed by atoms with Gasteiger partial charge in [-0.2, -0.15) is 13.2 Å². The van der Waals surface area contributed by atoms with E-state index in [0.717, 1.165) is 10.6 Å². The Balaban J connectivity index is 1.46. The summed E-state index contributed by atoms with van der Waals surface area (Å²) in [5, 5.41) is 6.94. The molecule has 1 saturated carbocycles. The van der Waals surface area contributed by atoms with Crippen molar-refractivity contribution in [2.45, 2.75) is 56.5 Å². The Labute approximate surface area is 162 Å². The second kappa shape index (κ2) is 7.28. The molecule has 1 fully saturated rings. The fraction of sp³-hybridized carbons (Fsp3) is 0.556. The maximum absolute atomic E-state index is 14.1. The first-order chi connectivity index (χ1) is 13.6. The molecular formula is C18H19F6N5. The zero-order valence-corrected chi connectivity index (χ0v) is 15.3. The van der Waals surface area contributed by atoms with Crippen LogP contribution in [0.2, 0.25) is 0 Å². The van der Waals surface area contributed by atoms with Crippen LogP contribution in [-0.2, 0) is 19.3 Å². The van der Waals surface area contributed by atoms with Gasteiger partial charge in [-0.1, -0.05) is 0 Å². The molecule has 5 nitrogen and oxygen atoms in total. The van der Waals surface area contributed by atoms with Gasteiger partial charge in [0.2, 0.25) is 5.82 Å². The van der Waals surface area contributed by atoms with E-state index in [1.165, 1.54) is 0 Å². The van der Waals surface area contributed by atoms with Crippen molar-refractivity contribution < 1.29 is 26.3 Å². The number of nitrogens with two attached hydrogens (primary N) is 1. The van der Waals surface area contributed by atoms with Crippen LogP contribution in [0.1, 0.15) is 42.4 Å². The van der Waals surface area contributed by atoms with Gasteiger partial charge in [0, 0.05) is 37.2 Å². The van der Waals surface area contributed by atoms with Gasteiger partial charge in [0.25, 0.3) is 0 Å². The van der Waals surface area contributed by atoms with E-state index in [1.54, 1.807) is 0 Å². The normalized spacial score (nSPS) is 25.8. The second-order valence-corrected chi connectivity index (χ2v) is 7.58. The summed E-state index contributed by atoms with van der Waals surface area (Å²) in [5.41, 5.74) is 6.29. The van der Waals surface area contributed by atoms with Crippen molar-refractivity contribution >= 4 is 0 Å². The lowest BCUT2D eigenvalue weighted by atomic mass is 9.77. The van der Waals surface area contributed by atoms with Crippen molar-refractivity contribution in [3.63, 3.8) is 0 Å². The summed E-state index contributed by atoms with van der Waals surface area (Å²) < 4.78 is 80.8. The minimum Gasteiger partial charge on any atom is -0.327 e. The van der Waals surface area contributed by atoms with Crippen LogP contribution in [0.4, 0.5) is 26.3 Å². The third kappa shape index (κ3) is 3.73. The number of halogens is 6. The zero-order valence-electron chi connectivity index (χ0n) is 15.3. The minimum atomic E-state index is -4.55. The van der Waals surface area contributed by atoms with Gasteiger partial charge in [-0.3, -0.25) is 4.90 Å². The number of hydrogen-bond acceptors (Lipinski definition) is 4. The Morgan fingerprint density at radius 1 is 0.966 bits per heavy atom. The van der Waals surface area contributed by atoms with Crippen molar-refractivity contribution in [1.82, 2.24) is 19.7 Å². The van der Waals surface area contributed by atoms with E-state index in [1.807, 2.05) is 4.90 Å². The lowest BCUT2D eigenvalue weighted by Gasteiger charge is -2.41. The summed E-state index contributed by atoms with van der Waals surface area (Å²) in [6.45, 7) is 0.713. The van der Waals surface area contributed by atoms with Gasteiger partial charge in [-0.05, 0) is 30.9 Å². The molecule has 3 atom stereocenters. The van der Waals surface area contributed by atoms with E-state index < -0.39 is 41.4 Å². The highest BCUT2D eigenvalue weighted by Gasteiger charge is 2.41. The van der Waals surface area contributed by atoms with E-state index in [2.05, 4.69) is 10.2 Å². The molecular weight excluding hydrogens is 400 g/mol. The fourth-order valence-corrected chi connectivity index (χ4v) is 4.42. The Morgan fingerprint density at radius 3 is 2.38 bits per heavy atom. The van der Waals surface area contributed by atoms with Gasteiger partial charge in [-0.15, -0.1) is 10.2 Å². The van der Waals surface area contributed by atoms with Crippen LogP contribution in [0.25, 0.3) is 0 Å². The quantitative estimate of drug-likeness (QED) is 0.600. The number of hydrogen-bond donors (Lipinski definition) is 1. The van der Waals surface area contributed by atoms with Crippen LogP contribution >= 0.6 is 0 Å². The number of rotatable bonds is 2. The molecule has 29 heavy (non-hydrogen) atoms. The summed E-state index contributed by atoms with van der Waals surface area (Å²) in [6.07, 6.45) is -3.02. The Kier molecular flexibility index (Phi) is 5.06. The molecule has 1 aromatic heterocycles. The average molecular weight is 419 g/mol. The summed E-state index contributed by atoms with van der Waals surface area (Å²) in [4.78, 5) is 2.00. The topological polar surface area (TPSA) is 60.0 Å². The fourth-order valence-electron chi connectivity index (χ4n) is 4.42. The molecule has 0 spiro atoms. The summed E-state index contributed by atoms with van der Waals surface area (Å²) in [5.74, 6) is -4.40. The molecule has 0 bridgehead atoms. The van der Waals surface area contributed by atoms with Crippen LogP contribution in [0.3, 0.4) is 0 Å². The Hall–Kier alpha value is -2.14. The summed E-state index contributed by atoms with van der Waals surface area (Å²) >= 11 is 0. The number of alkyl halides is 3. The number of aromatic nitrogens is 3. The maximum atomic E-state index is 14.1. The van der Waals surface area contributed by atoms with E-state index in [4.69, 9.17) is 5.73 Å². The molecule has 2 N–H and O–H groups in total. The lowest BCUT2D eigenvalue weighted by Crippen LogP contribution is -2.48. The molecule has 158 valence electrons. The van der Waals surface area contributed by atoms with Crippen LogP contribution in [0, 0.1) is 17.5 Å². The molecule has 2 aromatic rings. The molecule has 1 aliphatic carbocycles. The van der Waals surface area contributed by atoms with Crippen molar-refractivity contribution in [3.05, 3.63) is 46.8 Å². The smallest absolute Gasteiger partial charge is 0.327 e. The van der Waals surface area contributed by atoms with Crippen LogP contribution in [-0.4, -0.2) is 38.3 Å². The highest BCUT2D eigenvalue weighted by molar-refractivity contribution is 5.26. The van der Waals surface area contributed by atoms with Gasteiger partial charge in [0.1, 0.15) is 11.6 Å². The maximum Gasteiger partial charge on any atom is 0.451 e. The first-order valence-corrected chi connectivity index (χ1v) is 9.28.